The molecule has 1 saturated carbocycles. The molecule has 2 unspecified atom stereocenters. The average Bonchev–Trinajstić information content (AvgIpc) is 3.20. The smallest absolute Gasteiger partial charge is 0.231 e. The number of halogens is 1. The van der Waals surface area contributed by atoms with E-state index >= 15 is 0 Å². The number of aryl methyl sites for hydroxylation is 1. The van der Waals surface area contributed by atoms with Crippen molar-refractivity contribution in [2.75, 3.05) is 5.32 Å². The second-order valence-corrected chi connectivity index (χ2v) is 6.48. The topological polar surface area (TPSA) is 66.6 Å². The lowest BCUT2D eigenvalue weighted by atomic mass is 9.99. The molecule has 2 aromatic heterocycles. The van der Waals surface area contributed by atoms with E-state index in [0.29, 0.717) is 17.9 Å². The molecule has 0 aliphatic heterocycles. The number of amides is 1. The summed E-state index contributed by atoms with van der Waals surface area (Å²) < 4.78 is 14.8. The molecule has 1 aliphatic rings. The normalized spacial score (nSPS) is 19.2. The number of rotatable bonds is 4. The molecular weight excluding hydrogens is 321 g/mol. The monoisotopic (exact) mass is 339 g/mol. The van der Waals surface area contributed by atoms with Crippen LogP contribution in [0.4, 0.5) is 10.2 Å². The molecule has 6 heteroatoms. The van der Waals surface area contributed by atoms with Gasteiger partial charge in [0.05, 0.1) is 18.7 Å². The third kappa shape index (κ3) is 3.00. The summed E-state index contributed by atoms with van der Waals surface area (Å²) >= 11 is 0. The number of aliphatic hydroxyl groups excluding tert-OH is 1. The van der Waals surface area contributed by atoms with Gasteiger partial charge in [0, 0.05) is 6.20 Å². The highest BCUT2D eigenvalue weighted by molar-refractivity contribution is 5.94. The second-order valence-electron chi connectivity index (χ2n) is 6.48. The van der Waals surface area contributed by atoms with E-state index in [1.165, 1.54) is 0 Å². The fraction of sp³-hybridized carbons (Fsp3) is 0.263. The van der Waals surface area contributed by atoms with E-state index in [1.807, 2.05) is 47.9 Å². The molecule has 2 heterocycles. The van der Waals surface area contributed by atoms with Crippen LogP contribution in [0.1, 0.15) is 17.5 Å². The molecule has 0 radical (unpaired) electrons. The Morgan fingerprint density at radius 2 is 2.16 bits per heavy atom. The number of nitrogens with one attached hydrogen (secondary N) is 1. The third-order valence-electron chi connectivity index (χ3n) is 4.49. The van der Waals surface area contributed by atoms with Gasteiger partial charge in [0.2, 0.25) is 5.91 Å². The lowest BCUT2D eigenvalue weighted by molar-refractivity contribution is -0.117. The summed E-state index contributed by atoms with van der Waals surface area (Å²) in [7, 11) is 0. The fourth-order valence-corrected chi connectivity index (χ4v) is 3.00. The number of aromatic nitrogens is 2. The van der Waals surface area contributed by atoms with Crippen LogP contribution in [0.25, 0.3) is 16.8 Å². The molecule has 0 saturated heterocycles. The van der Waals surface area contributed by atoms with Crippen molar-refractivity contribution in [3.63, 3.8) is 0 Å². The molecule has 4 rings (SSSR count). The van der Waals surface area contributed by atoms with Crippen LogP contribution in [0.5, 0.6) is 0 Å². The number of hydrogen-bond acceptors (Lipinski definition) is 3. The molecule has 1 aliphatic carbocycles. The van der Waals surface area contributed by atoms with Crippen molar-refractivity contribution in [1.82, 2.24) is 9.38 Å². The van der Waals surface area contributed by atoms with Crippen molar-refractivity contribution in [2.24, 2.45) is 5.92 Å². The Morgan fingerprint density at radius 3 is 2.88 bits per heavy atom. The Bertz CT molecular complexity index is 966. The van der Waals surface area contributed by atoms with Crippen LogP contribution >= 0.6 is 0 Å². The molecular formula is C19H18FN3O2. The zero-order valence-electron chi connectivity index (χ0n) is 13.7. The zero-order chi connectivity index (χ0) is 17.6. The highest BCUT2D eigenvalue weighted by Crippen LogP contribution is 2.34. The van der Waals surface area contributed by atoms with Gasteiger partial charge >= 0.3 is 0 Å². The Kier molecular flexibility index (Phi) is 3.77. The Hall–Kier alpha value is -2.73. The largest absolute Gasteiger partial charge is 0.392 e. The minimum absolute atomic E-state index is 0.0356. The molecule has 1 fully saturated rings. The molecule has 5 nitrogen and oxygen atoms in total. The fourth-order valence-electron chi connectivity index (χ4n) is 3.00. The molecule has 128 valence electrons. The highest BCUT2D eigenvalue weighted by atomic mass is 19.1. The molecule has 3 aromatic rings. The van der Waals surface area contributed by atoms with E-state index in [0.717, 1.165) is 22.3 Å². The predicted octanol–water partition coefficient (Wildman–Crippen LogP) is 3.10. The lowest BCUT2D eigenvalue weighted by Gasteiger charge is -2.09. The molecule has 0 bridgehead atoms. The van der Waals surface area contributed by atoms with Gasteiger partial charge in [-0.1, -0.05) is 23.8 Å². The first-order chi connectivity index (χ1) is 12.0. The maximum atomic E-state index is 13.0. The minimum atomic E-state index is -1.03. The number of nitrogens with zero attached hydrogens (tertiary/aromatic N) is 2. The van der Waals surface area contributed by atoms with Crippen LogP contribution in [0.3, 0.4) is 0 Å². The molecule has 0 spiro atoms. The number of aliphatic hydroxyl groups is 1. The van der Waals surface area contributed by atoms with Gasteiger partial charge in [0.1, 0.15) is 11.8 Å². The van der Waals surface area contributed by atoms with Crippen molar-refractivity contribution in [2.45, 2.75) is 26.1 Å². The number of carbonyl (C=O) groups excluding carboxylic acids is 1. The van der Waals surface area contributed by atoms with Crippen molar-refractivity contribution in [3.05, 3.63) is 53.9 Å². The van der Waals surface area contributed by atoms with Crippen LogP contribution in [-0.2, 0) is 11.4 Å². The highest BCUT2D eigenvalue weighted by Gasteiger charge is 2.43. The van der Waals surface area contributed by atoms with Gasteiger partial charge in [0.15, 0.2) is 5.82 Å². The van der Waals surface area contributed by atoms with Crippen molar-refractivity contribution in [1.29, 1.82) is 0 Å². The van der Waals surface area contributed by atoms with Gasteiger partial charge < -0.3 is 14.8 Å². The van der Waals surface area contributed by atoms with E-state index in [9.17, 15) is 14.3 Å². The molecule has 1 amide bonds. The molecule has 1 aromatic carbocycles. The summed E-state index contributed by atoms with van der Waals surface area (Å²) in [6, 6.07) is 9.72. The van der Waals surface area contributed by atoms with E-state index in [-0.39, 0.29) is 12.5 Å². The Morgan fingerprint density at radius 1 is 1.36 bits per heavy atom. The summed E-state index contributed by atoms with van der Waals surface area (Å²) in [4.78, 5) is 16.2. The Labute approximate surface area is 144 Å². The summed E-state index contributed by atoms with van der Waals surface area (Å²) in [6.07, 6.45) is 2.87. The van der Waals surface area contributed by atoms with Crippen molar-refractivity contribution in [3.8, 4) is 11.1 Å². The van der Waals surface area contributed by atoms with Crippen LogP contribution in [-0.4, -0.2) is 26.6 Å². The van der Waals surface area contributed by atoms with E-state index in [4.69, 9.17) is 0 Å². The Balaban J connectivity index is 1.65. The molecule has 2 N–H and O–H groups in total. The minimum Gasteiger partial charge on any atom is -0.392 e. The van der Waals surface area contributed by atoms with Gasteiger partial charge in [-0.05, 0) is 42.2 Å². The van der Waals surface area contributed by atoms with Gasteiger partial charge in [-0.2, -0.15) is 0 Å². The SMILES string of the molecule is Cc1ccc(-c2ccc3nc(NC(=O)C4CC4F)cn3c2)c(CO)c1. The summed E-state index contributed by atoms with van der Waals surface area (Å²) in [6.45, 7) is 1.95. The average molecular weight is 339 g/mol. The number of imidazole rings is 1. The quantitative estimate of drug-likeness (QED) is 0.767. The first-order valence-electron chi connectivity index (χ1n) is 8.19. The second kappa shape index (κ2) is 5.97. The van der Waals surface area contributed by atoms with E-state index in [1.54, 1.807) is 6.20 Å². The lowest BCUT2D eigenvalue weighted by Crippen LogP contribution is -2.15. The van der Waals surface area contributed by atoms with Crippen LogP contribution in [0.15, 0.2) is 42.7 Å². The molecule has 2 atom stereocenters. The predicted molar refractivity (Wildman–Crippen MR) is 92.9 cm³/mol. The number of carbonyl (C=O) groups is 1. The number of pyridine rings is 1. The zero-order valence-corrected chi connectivity index (χ0v) is 13.7. The van der Waals surface area contributed by atoms with Gasteiger partial charge in [-0.25, -0.2) is 9.37 Å². The number of hydrogen-bond donors (Lipinski definition) is 2. The van der Waals surface area contributed by atoms with Crippen LogP contribution < -0.4 is 5.32 Å². The number of alkyl halides is 1. The van der Waals surface area contributed by atoms with Crippen molar-refractivity contribution >= 4 is 17.4 Å². The summed E-state index contributed by atoms with van der Waals surface area (Å²) in [5.41, 5.74) is 4.53. The van der Waals surface area contributed by atoms with E-state index < -0.39 is 12.1 Å². The maximum absolute atomic E-state index is 13.0. The number of benzene rings is 1. The van der Waals surface area contributed by atoms with Gasteiger partial charge in [0.25, 0.3) is 0 Å². The first kappa shape index (κ1) is 15.8. The van der Waals surface area contributed by atoms with Crippen LogP contribution in [0, 0.1) is 12.8 Å². The van der Waals surface area contributed by atoms with E-state index in [2.05, 4.69) is 10.3 Å². The molecule has 25 heavy (non-hydrogen) atoms. The maximum Gasteiger partial charge on any atom is 0.231 e. The first-order valence-corrected chi connectivity index (χ1v) is 8.19. The number of fused-ring (bicyclic) bond motifs is 1. The standard InChI is InChI=1S/C19H18FN3O2/c1-11-2-4-14(13(6-11)10-24)12-3-5-18-21-17(9-23(18)8-12)22-19(25)15-7-16(15)20/h2-6,8-9,15-16,24H,7,10H2,1H3,(H,22,25). The summed E-state index contributed by atoms with van der Waals surface area (Å²) in [5, 5.41) is 12.3. The van der Waals surface area contributed by atoms with Crippen molar-refractivity contribution < 1.29 is 14.3 Å². The number of anilines is 1. The van der Waals surface area contributed by atoms with Gasteiger partial charge in [-0.3, -0.25) is 4.79 Å². The third-order valence-corrected chi connectivity index (χ3v) is 4.49. The summed E-state index contributed by atoms with van der Waals surface area (Å²) in [5.74, 6) is -0.454. The van der Waals surface area contributed by atoms with Gasteiger partial charge in [-0.15, -0.1) is 0 Å². The van der Waals surface area contributed by atoms with Crippen LogP contribution in [0.2, 0.25) is 0 Å².